The molecule has 1 aromatic rings. The van der Waals surface area contributed by atoms with Crippen LogP contribution in [0.4, 0.5) is 4.39 Å². The van der Waals surface area contributed by atoms with E-state index < -0.39 is 0 Å². The SMILES string of the molecule is CCCNCc1ccc(F)c(CN2CCC(C)CC2)c1. The molecule has 1 N–H and O–H groups in total. The van der Waals surface area contributed by atoms with Crippen LogP contribution in [0.1, 0.15) is 44.2 Å². The average Bonchev–Trinajstić information content (AvgIpc) is 2.45. The zero-order valence-electron chi connectivity index (χ0n) is 12.8. The first kappa shape index (κ1) is 15.5. The number of benzene rings is 1. The molecular formula is C17H27FN2. The molecule has 0 aliphatic carbocycles. The highest BCUT2D eigenvalue weighted by molar-refractivity contribution is 5.25. The number of hydrogen-bond acceptors (Lipinski definition) is 2. The van der Waals surface area contributed by atoms with E-state index in [1.807, 2.05) is 12.1 Å². The molecule has 2 rings (SSSR count). The maximum atomic E-state index is 13.9. The van der Waals surface area contributed by atoms with E-state index in [0.717, 1.165) is 50.6 Å². The molecule has 112 valence electrons. The van der Waals surface area contributed by atoms with E-state index in [1.165, 1.54) is 18.4 Å². The molecule has 20 heavy (non-hydrogen) atoms. The Morgan fingerprint density at radius 2 is 2.05 bits per heavy atom. The van der Waals surface area contributed by atoms with E-state index in [2.05, 4.69) is 24.1 Å². The highest BCUT2D eigenvalue weighted by Crippen LogP contribution is 2.20. The summed E-state index contributed by atoms with van der Waals surface area (Å²) in [4.78, 5) is 2.38. The van der Waals surface area contributed by atoms with E-state index in [-0.39, 0.29) is 5.82 Å². The molecule has 1 heterocycles. The van der Waals surface area contributed by atoms with Crippen molar-refractivity contribution in [2.24, 2.45) is 5.92 Å². The molecule has 0 radical (unpaired) electrons. The van der Waals surface area contributed by atoms with Crippen LogP contribution >= 0.6 is 0 Å². The largest absolute Gasteiger partial charge is 0.313 e. The summed E-state index contributed by atoms with van der Waals surface area (Å²) in [5.41, 5.74) is 2.02. The van der Waals surface area contributed by atoms with Crippen molar-refractivity contribution in [3.05, 3.63) is 35.1 Å². The number of halogens is 1. The van der Waals surface area contributed by atoms with E-state index in [1.54, 1.807) is 6.07 Å². The van der Waals surface area contributed by atoms with Gasteiger partial charge in [0.05, 0.1) is 0 Å². The lowest BCUT2D eigenvalue weighted by molar-refractivity contribution is 0.183. The molecule has 2 nitrogen and oxygen atoms in total. The number of hydrogen-bond donors (Lipinski definition) is 1. The summed E-state index contributed by atoms with van der Waals surface area (Å²) in [6.07, 6.45) is 3.60. The Kier molecular flexibility index (Phi) is 5.99. The van der Waals surface area contributed by atoms with Crippen molar-refractivity contribution >= 4 is 0 Å². The molecular weight excluding hydrogens is 251 g/mol. The summed E-state index contributed by atoms with van der Waals surface area (Å²) in [6.45, 7) is 9.24. The third-order valence-electron chi connectivity index (χ3n) is 4.14. The minimum atomic E-state index is -0.0668. The summed E-state index contributed by atoms with van der Waals surface area (Å²) in [5, 5.41) is 3.37. The molecule has 0 unspecified atom stereocenters. The fourth-order valence-corrected chi connectivity index (χ4v) is 2.73. The highest BCUT2D eigenvalue weighted by Gasteiger charge is 2.17. The van der Waals surface area contributed by atoms with Gasteiger partial charge >= 0.3 is 0 Å². The van der Waals surface area contributed by atoms with Crippen LogP contribution < -0.4 is 5.32 Å². The Labute approximate surface area is 122 Å². The molecule has 1 aliphatic rings. The normalized spacial score (nSPS) is 17.6. The second kappa shape index (κ2) is 7.75. The van der Waals surface area contributed by atoms with Crippen molar-refractivity contribution in [2.45, 2.75) is 46.2 Å². The van der Waals surface area contributed by atoms with Crippen molar-refractivity contribution < 1.29 is 4.39 Å². The van der Waals surface area contributed by atoms with Gasteiger partial charge in [-0.3, -0.25) is 4.90 Å². The first-order chi connectivity index (χ1) is 9.69. The Bertz CT molecular complexity index is 411. The van der Waals surface area contributed by atoms with Crippen LogP contribution in [0.3, 0.4) is 0 Å². The summed E-state index contributed by atoms with van der Waals surface area (Å²) in [7, 11) is 0. The van der Waals surface area contributed by atoms with Gasteiger partial charge in [0.25, 0.3) is 0 Å². The molecule has 1 aliphatic heterocycles. The predicted molar refractivity (Wildman–Crippen MR) is 82.1 cm³/mol. The lowest BCUT2D eigenvalue weighted by Crippen LogP contribution is -2.32. The Morgan fingerprint density at radius 1 is 1.30 bits per heavy atom. The molecule has 0 atom stereocenters. The van der Waals surface area contributed by atoms with Gasteiger partial charge in [0, 0.05) is 18.7 Å². The summed E-state index contributed by atoms with van der Waals surface area (Å²) < 4.78 is 13.9. The van der Waals surface area contributed by atoms with Crippen LogP contribution in [-0.4, -0.2) is 24.5 Å². The molecule has 3 heteroatoms. The molecule has 0 spiro atoms. The van der Waals surface area contributed by atoms with Crippen LogP contribution in [-0.2, 0) is 13.1 Å². The van der Waals surface area contributed by atoms with Crippen LogP contribution in [0.15, 0.2) is 18.2 Å². The summed E-state index contributed by atoms with van der Waals surface area (Å²) in [5.74, 6) is 0.753. The van der Waals surface area contributed by atoms with Gasteiger partial charge < -0.3 is 5.32 Å². The quantitative estimate of drug-likeness (QED) is 0.800. The molecule has 1 aromatic carbocycles. The van der Waals surface area contributed by atoms with Gasteiger partial charge in [-0.1, -0.05) is 26.0 Å². The lowest BCUT2D eigenvalue weighted by atomic mass is 9.98. The zero-order valence-corrected chi connectivity index (χ0v) is 12.8. The van der Waals surface area contributed by atoms with Crippen molar-refractivity contribution in [1.29, 1.82) is 0 Å². The predicted octanol–water partition coefficient (Wildman–Crippen LogP) is 3.56. The fraction of sp³-hybridized carbons (Fsp3) is 0.647. The van der Waals surface area contributed by atoms with Crippen LogP contribution in [0.5, 0.6) is 0 Å². The first-order valence-corrected chi connectivity index (χ1v) is 7.89. The summed E-state index contributed by atoms with van der Waals surface area (Å²) in [6, 6.07) is 5.53. The standard InChI is InChI=1S/C17H27FN2/c1-3-8-19-12-15-4-5-17(18)16(11-15)13-20-9-6-14(2)7-10-20/h4-5,11,14,19H,3,6-10,12-13H2,1-2H3. The fourth-order valence-electron chi connectivity index (χ4n) is 2.73. The minimum absolute atomic E-state index is 0.0668. The van der Waals surface area contributed by atoms with Crippen molar-refractivity contribution in [2.75, 3.05) is 19.6 Å². The number of rotatable bonds is 6. The second-order valence-electron chi connectivity index (χ2n) is 6.06. The zero-order chi connectivity index (χ0) is 14.4. The Balaban J connectivity index is 1.94. The van der Waals surface area contributed by atoms with Crippen LogP contribution in [0.25, 0.3) is 0 Å². The van der Waals surface area contributed by atoms with Gasteiger partial charge in [0.2, 0.25) is 0 Å². The van der Waals surface area contributed by atoms with E-state index in [4.69, 9.17) is 0 Å². The van der Waals surface area contributed by atoms with E-state index in [0.29, 0.717) is 0 Å². The minimum Gasteiger partial charge on any atom is -0.313 e. The van der Waals surface area contributed by atoms with Crippen molar-refractivity contribution in [1.82, 2.24) is 10.2 Å². The van der Waals surface area contributed by atoms with Gasteiger partial charge in [0.15, 0.2) is 0 Å². The Morgan fingerprint density at radius 3 is 2.75 bits per heavy atom. The topological polar surface area (TPSA) is 15.3 Å². The molecule has 0 aromatic heterocycles. The third-order valence-corrected chi connectivity index (χ3v) is 4.14. The second-order valence-corrected chi connectivity index (χ2v) is 6.06. The average molecular weight is 278 g/mol. The molecule has 1 saturated heterocycles. The van der Waals surface area contributed by atoms with Gasteiger partial charge in [-0.05, 0) is 56.4 Å². The summed E-state index contributed by atoms with van der Waals surface area (Å²) >= 11 is 0. The monoisotopic (exact) mass is 278 g/mol. The highest BCUT2D eigenvalue weighted by atomic mass is 19.1. The third kappa shape index (κ3) is 4.57. The number of piperidine rings is 1. The maximum absolute atomic E-state index is 13.9. The van der Waals surface area contributed by atoms with Crippen LogP contribution in [0, 0.1) is 11.7 Å². The van der Waals surface area contributed by atoms with Crippen molar-refractivity contribution in [3.8, 4) is 0 Å². The van der Waals surface area contributed by atoms with Crippen LogP contribution in [0.2, 0.25) is 0 Å². The smallest absolute Gasteiger partial charge is 0.127 e. The van der Waals surface area contributed by atoms with Gasteiger partial charge in [0.1, 0.15) is 5.82 Å². The van der Waals surface area contributed by atoms with Gasteiger partial charge in [-0.25, -0.2) is 4.39 Å². The lowest BCUT2D eigenvalue weighted by Gasteiger charge is -2.30. The number of likely N-dealkylation sites (tertiary alicyclic amines) is 1. The first-order valence-electron chi connectivity index (χ1n) is 7.89. The van der Waals surface area contributed by atoms with Gasteiger partial charge in [-0.2, -0.15) is 0 Å². The number of nitrogens with one attached hydrogen (secondary N) is 1. The van der Waals surface area contributed by atoms with Gasteiger partial charge in [-0.15, -0.1) is 0 Å². The molecule has 1 fully saturated rings. The molecule has 0 bridgehead atoms. The van der Waals surface area contributed by atoms with Crippen molar-refractivity contribution in [3.63, 3.8) is 0 Å². The van der Waals surface area contributed by atoms with E-state index >= 15 is 0 Å². The maximum Gasteiger partial charge on any atom is 0.127 e. The number of nitrogens with zero attached hydrogens (tertiary/aromatic N) is 1. The molecule has 0 saturated carbocycles. The molecule has 0 amide bonds. The van der Waals surface area contributed by atoms with E-state index in [9.17, 15) is 4.39 Å². The Hall–Kier alpha value is -0.930.